The van der Waals surface area contributed by atoms with Gasteiger partial charge in [0.15, 0.2) is 0 Å². The van der Waals surface area contributed by atoms with Crippen LogP contribution in [0.3, 0.4) is 0 Å². The monoisotopic (exact) mass is 193 g/mol. The van der Waals surface area contributed by atoms with Crippen LogP contribution in [0.25, 0.3) is 0 Å². The summed E-state index contributed by atoms with van der Waals surface area (Å²) in [5.41, 5.74) is 0. The molecule has 0 aromatic carbocycles. The summed E-state index contributed by atoms with van der Waals surface area (Å²) in [6.45, 7) is 3.84. The highest BCUT2D eigenvalue weighted by atomic mass is 16.2. The van der Waals surface area contributed by atoms with Crippen molar-refractivity contribution in [3.05, 3.63) is 24.4 Å². The highest BCUT2D eigenvalue weighted by Crippen LogP contribution is 2.06. The van der Waals surface area contributed by atoms with Crippen molar-refractivity contribution in [1.82, 2.24) is 10.3 Å². The average Bonchev–Trinajstić information content (AvgIpc) is 2.17. The van der Waals surface area contributed by atoms with Crippen LogP contribution in [-0.2, 0) is 0 Å². The largest absolute Gasteiger partial charge is 0.335 e. The van der Waals surface area contributed by atoms with E-state index in [0.717, 1.165) is 0 Å². The molecule has 14 heavy (non-hydrogen) atoms. The van der Waals surface area contributed by atoms with Gasteiger partial charge < -0.3 is 5.32 Å². The Morgan fingerprint density at radius 2 is 2.21 bits per heavy atom. The molecule has 1 heterocycles. The molecule has 1 N–H and O–H groups in total. The van der Waals surface area contributed by atoms with Gasteiger partial charge in [0.05, 0.1) is 0 Å². The number of anilines is 1. The number of rotatable bonds is 2. The molecule has 1 aromatic rings. The molecule has 76 valence electrons. The number of nitrogens with zero attached hydrogens (tertiary/aromatic N) is 2. The van der Waals surface area contributed by atoms with Crippen molar-refractivity contribution in [2.24, 2.45) is 0 Å². The summed E-state index contributed by atoms with van der Waals surface area (Å²) in [7, 11) is 1.69. The van der Waals surface area contributed by atoms with E-state index in [1.54, 1.807) is 19.3 Å². The molecule has 0 unspecified atom stereocenters. The molecule has 0 bridgehead atoms. The molecule has 1 rings (SSSR count). The normalized spacial score (nSPS) is 10.0. The Bertz CT molecular complexity index is 297. The van der Waals surface area contributed by atoms with E-state index in [1.807, 2.05) is 26.0 Å². The lowest BCUT2D eigenvalue weighted by molar-refractivity contribution is 0.245. The molecule has 4 nitrogen and oxygen atoms in total. The van der Waals surface area contributed by atoms with Gasteiger partial charge in [-0.3, -0.25) is 4.90 Å². The number of hydrogen-bond acceptors (Lipinski definition) is 2. The summed E-state index contributed by atoms with van der Waals surface area (Å²) >= 11 is 0. The Hall–Kier alpha value is -1.58. The third kappa shape index (κ3) is 2.73. The second-order valence-corrected chi connectivity index (χ2v) is 3.35. The first-order valence-electron chi connectivity index (χ1n) is 4.56. The fourth-order valence-corrected chi connectivity index (χ4v) is 1.000. The van der Waals surface area contributed by atoms with E-state index in [9.17, 15) is 4.79 Å². The second-order valence-electron chi connectivity index (χ2n) is 3.35. The zero-order valence-corrected chi connectivity index (χ0v) is 8.69. The highest BCUT2D eigenvalue weighted by molar-refractivity contribution is 5.90. The van der Waals surface area contributed by atoms with Crippen molar-refractivity contribution in [2.45, 2.75) is 19.9 Å². The van der Waals surface area contributed by atoms with Crippen LogP contribution in [0, 0.1) is 0 Å². The predicted molar refractivity (Wildman–Crippen MR) is 56.3 cm³/mol. The number of hydrogen-bond donors (Lipinski definition) is 1. The minimum atomic E-state index is -0.140. The van der Waals surface area contributed by atoms with E-state index in [4.69, 9.17) is 0 Å². The maximum atomic E-state index is 11.5. The standard InChI is InChI=1S/C10H15N3O/c1-8(2)12-10(14)13(3)9-6-4-5-7-11-9/h4-8H,1-3H3,(H,12,14). The van der Waals surface area contributed by atoms with E-state index < -0.39 is 0 Å². The quantitative estimate of drug-likeness (QED) is 0.776. The third-order valence-electron chi connectivity index (χ3n) is 1.71. The SMILES string of the molecule is CC(C)NC(=O)N(C)c1ccccn1. The molecule has 0 aliphatic rings. The molecule has 4 heteroatoms. The van der Waals surface area contributed by atoms with Crippen LogP contribution in [0.4, 0.5) is 10.6 Å². The Labute approximate surface area is 83.9 Å². The lowest BCUT2D eigenvalue weighted by Gasteiger charge is -2.18. The first-order chi connectivity index (χ1) is 6.61. The van der Waals surface area contributed by atoms with Crippen LogP contribution in [0.15, 0.2) is 24.4 Å². The molecule has 1 aromatic heterocycles. The van der Waals surface area contributed by atoms with Crippen LogP contribution in [0.2, 0.25) is 0 Å². The number of carbonyl (C=O) groups is 1. The van der Waals surface area contributed by atoms with Gasteiger partial charge in [0.25, 0.3) is 0 Å². The smallest absolute Gasteiger partial charge is 0.322 e. The number of nitrogens with one attached hydrogen (secondary N) is 1. The maximum Gasteiger partial charge on any atom is 0.322 e. The van der Waals surface area contributed by atoms with Crippen molar-refractivity contribution in [2.75, 3.05) is 11.9 Å². The number of aromatic nitrogens is 1. The Kier molecular flexibility index (Phi) is 3.45. The Morgan fingerprint density at radius 1 is 1.50 bits per heavy atom. The molecule has 0 aliphatic carbocycles. The summed E-state index contributed by atoms with van der Waals surface area (Å²) in [6, 6.07) is 5.45. The van der Waals surface area contributed by atoms with Gasteiger partial charge in [-0.1, -0.05) is 6.07 Å². The molecule has 0 aliphatic heterocycles. The fraction of sp³-hybridized carbons (Fsp3) is 0.400. The molecule has 2 amide bonds. The Morgan fingerprint density at radius 3 is 2.71 bits per heavy atom. The van der Waals surface area contributed by atoms with E-state index >= 15 is 0 Å². The van der Waals surface area contributed by atoms with Crippen molar-refractivity contribution in [3.63, 3.8) is 0 Å². The highest BCUT2D eigenvalue weighted by Gasteiger charge is 2.11. The van der Waals surface area contributed by atoms with Crippen molar-refractivity contribution in [3.8, 4) is 0 Å². The van der Waals surface area contributed by atoms with Gasteiger partial charge in [-0.15, -0.1) is 0 Å². The van der Waals surface area contributed by atoms with Gasteiger partial charge in [-0.05, 0) is 26.0 Å². The molecule has 0 saturated carbocycles. The van der Waals surface area contributed by atoms with Gasteiger partial charge >= 0.3 is 6.03 Å². The number of urea groups is 1. The molecule has 0 saturated heterocycles. The number of carbonyl (C=O) groups excluding carboxylic acids is 1. The van der Waals surface area contributed by atoms with Crippen molar-refractivity contribution >= 4 is 11.8 Å². The van der Waals surface area contributed by atoms with E-state index in [0.29, 0.717) is 5.82 Å². The topological polar surface area (TPSA) is 45.2 Å². The zero-order valence-electron chi connectivity index (χ0n) is 8.69. The lowest BCUT2D eigenvalue weighted by Crippen LogP contribution is -2.41. The van der Waals surface area contributed by atoms with Gasteiger partial charge in [0.2, 0.25) is 0 Å². The molecular formula is C10H15N3O. The van der Waals surface area contributed by atoms with Crippen LogP contribution < -0.4 is 10.2 Å². The zero-order chi connectivity index (χ0) is 10.6. The number of pyridine rings is 1. The average molecular weight is 193 g/mol. The van der Waals surface area contributed by atoms with E-state index in [2.05, 4.69) is 10.3 Å². The van der Waals surface area contributed by atoms with Gasteiger partial charge in [0.1, 0.15) is 5.82 Å². The second kappa shape index (κ2) is 4.60. The summed E-state index contributed by atoms with van der Waals surface area (Å²) in [5, 5.41) is 2.79. The summed E-state index contributed by atoms with van der Waals surface area (Å²) in [6.07, 6.45) is 1.66. The maximum absolute atomic E-state index is 11.5. The third-order valence-corrected chi connectivity index (χ3v) is 1.71. The number of amides is 2. The lowest BCUT2D eigenvalue weighted by atomic mass is 10.4. The summed E-state index contributed by atoms with van der Waals surface area (Å²) in [5.74, 6) is 0.644. The molecule has 0 fully saturated rings. The van der Waals surface area contributed by atoms with Crippen LogP contribution >= 0.6 is 0 Å². The van der Waals surface area contributed by atoms with Crippen LogP contribution in [-0.4, -0.2) is 24.1 Å². The van der Waals surface area contributed by atoms with Gasteiger partial charge in [-0.2, -0.15) is 0 Å². The summed E-state index contributed by atoms with van der Waals surface area (Å²) in [4.78, 5) is 17.1. The molecule has 0 radical (unpaired) electrons. The molecule has 0 spiro atoms. The van der Waals surface area contributed by atoms with E-state index in [1.165, 1.54) is 4.90 Å². The fourth-order valence-electron chi connectivity index (χ4n) is 1.000. The van der Waals surface area contributed by atoms with Crippen molar-refractivity contribution < 1.29 is 4.79 Å². The predicted octanol–water partition coefficient (Wildman–Crippen LogP) is 1.64. The van der Waals surface area contributed by atoms with Crippen LogP contribution in [0.5, 0.6) is 0 Å². The Balaban J connectivity index is 2.66. The minimum Gasteiger partial charge on any atom is -0.335 e. The summed E-state index contributed by atoms with van der Waals surface area (Å²) < 4.78 is 0. The molecule has 0 atom stereocenters. The van der Waals surface area contributed by atoms with E-state index in [-0.39, 0.29) is 12.1 Å². The van der Waals surface area contributed by atoms with Crippen molar-refractivity contribution in [1.29, 1.82) is 0 Å². The first-order valence-corrected chi connectivity index (χ1v) is 4.56. The minimum absolute atomic E-state index is 0.133. The van der Waals surface area contributed by atoms with Crippen LogP contribution in [0.1, 0.15) is 13.8 Å². The molecular weight excluding hydrogens is 178 g/mol. The first kappa shape index (κ1) is 10.5. The van der Waals surface area contributed by atoms with Gasteiger partial charge in [-0.25, -0.2) is 9.78 Å². The van der Waals surface area contributed by atoms with Gasteiger partial charge in [0, 0.05) is 19.3 Å².